The Hall–Kier alpha value is 0.270. The van der Waals surface area contributed by atoms with Crippen LogP contribution in [0.25, 0.3) is 0 Å². The van der Waals surface area contributed by atoms with Gasteiger partial charge in [0.05, 0.1) is 9.26 Å². The van der Waals surface area contributed by atoms with E-state index in [0.29, 0.717) is 7.14 Å². The number of hydrogen-bond donors (Lipinski definition) is 1. The maximum atomic E-state index is 12.2. The first kappa shape index (κ1) is 10.4. The second kappa shape index (κ2) is 3.99. The molecule has 0 aliphatic carbocycles. The van der Waals surface area contributed by atoms with Gasteiger partial charge < -0.3 is 4.98 Å². The van der Waals surface area contributed by atoms with Gasteiger partial charge in [0.15, 0.2) is 0 Å². The lowest BCUT2D eigenvalue weighted by molar-refractivity contribution is 0.144. The van der Waals surface area contributed by atoms with E-state index >= 15 is 0 Å². The summed E-state index contributed by atoms with van der Waals surface area (Å²) < 4.78 is 25.4. The van der Waals surface area contributed by atoms with E-state index in [4.69, 9.17) is 0 Å². The molecular weight excluding hydrogens is 394 g/mol. The van der Waals surface area contributed by atoms with E-state index in [-0.39, 0.29) is 5.69 Å². The monoisotopic (exact) mass is 397 g/mol. The number of nitrogens with one attached hydrogen (secondary N) is 1. The van der Waals surface area contributed by atoms with Crippen molar-refractivity contribution in [2.24, 2.45) is 0 Å². The maximum Gasteiger partial charge on any atom is 0.279 e. The van der Waals surface area contributed by atoms with Crippen LogP contribution in [0.2, 0.25) is 0 Å². The highest BCUT2D eigenvalue weighted by molar-refractivity contribution is 14.1. The number of aromatic nitrogens is 1. The van der Waals surface area contributed by atoms with Gasteiger partial charge in [0, 0.05) is 9.64 Å². The van der Waals surface area contributed by atoms with Crippen molar-refractivity contribution in [3.8, 4) is 0 Å². The number of rotatable bonds is 1. The summed E-state index contributed by atoms with van der Waals surface area (Å²) in [5.41, 5.74) is -0.789. The van der Waals surface area contributed by atoms with E-state index in [9.17, 15) is 13.6 Å². The Balaban J connectivity index is 3.38. The van der Waals surface area contributed by atoms with Crippen molar-refractivity contribution in [2.45, 2.75) is 6.43 Å². The Morgan fingerprint density at radius 3 is 2.50 bits per heavy atom. The van der Waals surface area contributed by atoms with E-state index in [0.717, 1.165) is 0 Å². The zero-order valence-corrected chi connectivity index (χ0v) is 9.89. The molecule has 1 aromatic rings. The fourth-order valence-corrected chi connectivity index (χ4v) is 1.78. The minimum Gasteiger partial charge on any atom is -0.320 e. The van der Waals surface area contributed by atoms with Gasteiger partial charge in [-0.25, -0.2) is 8.78 Å². The molecule has 0 aromatic carbocycles. The lowest BCUT2D eigenvalue weighted by Gasteiger charge is -2.03. The largest absolute Gasteiger partial charge is 0.320 e. The SMILES string of the molecule is O=c1cc(I)c(I)c(C(F)F)[nH]1. The highest BCUT2D eigenvalue weighted by atomic mass is 127. The molecule has 0 atom stereocenters. The first-order valence-electron chi connectivity index (χ1n) is 2.88. The highest BCUT2D eigenvalue weighted by Gasteiger charge is 2.14. The first-order chi connectivity index (χ1) is 5.52. The zero-order valence-electron chi connectivity index (χ0n) is 5.57. The van der Waals surface area contributed by atoms with Crippen LogP contribution < -0.4 is 5.56 Å². The molecule has 0 unspecified atom stereocenters. The van der Waals surface area contributed by atoms with Crippen LogP contribution in [0.1, 0.15) is 12.1 Å². The van der Waals surface area contributed by atoms with E-state index in [2.05, 4.69) is 4.98 Å². The fraction of sp³-hybridized carbons (Fsp3) is 0.167. The fourth-order valence-electron chi connectivity index (χ4n) is 0.681. The van der Waals surface area contributed by atoms with Gasteiger partial charge in [-0.1, -0.05) is 0 Å². The predicted octanol–water partition coefficient (Wildman–Crippen LogP) is 2.52. The Kier molecular flexibility index (Phi) is 3.44. The van der Waals surface area contributed by atoms with Gasteiger partial charge in [0.1, 0.15) is 0 Å². The van der Waals surface area contributed by atoms with Gasteiger partial charge in [0.25, 0.3) is 6.43 Å². The van der Waals surface area contributed by atoms with Crippen molar-refractivity contribution in [3.05, 3.63) is 29.3 Å². The summed E-state index contributed by atoms with van der Waals surface area (Å²) in [6.45, 7) is 0. The van der Waals surface area contributed by atoms with Crippen LogP contribution in [0.4, 0.5) is 8.78 Å². The van der Waals surface area contributed by atoms with Crippen LogP contribution in [0, 0.1) is 7.14 Å². The van der Waals surface area contributed by atoms with Crippen LogP contribution in [-0.4, -0.2) is 4.98 Å². The molecule has 0 radical (unpaired) electrons. The zero-order chi connectivity index (χ0) is 9.30. The van der Waals surface area contributed by atoms with Gasteiger partial charge in [-0.15, -0.1) is 0 Å². The molecule has 1 rings (SSSR count). The molecule has 2 nitrogen and oxygen atoms in total. The van der Waals surface area contributed by atoms with Gasteiger partial charge in [-0.2, -0.15) is 0 Å². The molecule has 0 saturated carbocycles. The molecule has 1 aromatic heterocycles. The number of alkyl halides is 2. The molecule has 0 aliphatic heterocycles. The van der Waals surface area contributed by atoms with E-state index in [1.807, 2.05) is 22.6 Å². The second-order valence-corrected chi connectivity index (χ2v) is 4.25. The predicted molar refractivity (Wildman–Crippen MR) is 57.5 cm³/mol. The summed E-state index contributed by atoms with van der Waals surface area (Å²) in [6.07, 6.45) is -2.63. The van der Waals surface area contributed by atoms with E-state index in [1.165, 1.54) is 6.07 Å². The van der Waals surface area contributed by atoms with Crippen LogP contribution in [0.3, 0.4) is 0 Å². The molecule has 0 amide bonds. The minimum atomic E-state index is -2.63. The lowest BCUT2D eigenvalue weighted by atomic mass is 10.4. The third kappa shape index (κ3) is 2.15. The van der Waals surface area contributed by atoms with Crippen LogP contribution in [-0.2, 0) is 0 Å². The summed E-state index contributed by atoms with van der Waals surface area (Å²) in [7, 11) is 0. The Morgan fingerprint density at radius 1 is 1.42 bits per heavy atom. The molecule has 1 heterocycles. The Bertz CT molecular complexity index is 350. The first-order valence-corrected chi connectivity index (χ1v) is 5.04. The highest BCUT2D eigenvalue weighted by Crippen LogP contribution is 2.24. The minimum absolute atomic E-state index is 0.299. The van der Waals surface area contributed by atoms with E-state index in [1.54, 1.807) is 22.6 Å². The number of aromatic amines is 1. The summed E-state index contributed by atoms with van der Waals surface area (Å²) in [5, 5.41) is 0. The molecule has 0 bridgehead atoms. The van der Waals surface area contributed by atoms with Gasteiger partial charge >= 0.3 is 0 Å². The van der Waals surface area contributed by atoms with Crippen molar-refractivity contribution < 1.29 is 8.78 Å². The average Bonchev–Trinajstić information content (AvgIpc) is 1.96. The number of pyridine rings is 1. The quantitative estimate of drug-likeness (QED) is 0.727. The summed E-state index contributed by atoms with van der Waals surface area (Å²) in [4.78, 5) is 12.9. The molecule has 66 valence electrons. The number of hydrogen-bond acceptors (Lipinski definition) is 1. The third-order valence-corrected chi connectivity index (χ3v) is 4.23. The molecule has 6 heteroatoms. The van der Waals surface area contributed by atoms with Gasteiger partial charge in [0.2, 0.25) is 5.56 Å². The molecule has 0 aliphatic rings. The smallest absolute Gasteiger partial charge is 0.279 e. The van der Waals surface area contributed by atoms with Crippen LogP contribution in [0.15, 0.2) is 10.9 Å². The number of halogens is 4. The molecule has 0 fully saturated rings. The van der Waals surface area contributed by atoms with Crippen LogP contribution >= 0.6 is 45.2 Å². The molecule has 12 heavy (non-hydrogen) atoms. The molecule has 1 N–H and O–H groups in total. The van der Waals surface area contributed by atoms with E-state index < -0.39 is 12.0 Å². The third-order valence-electron chi connectivity index (χ3n) is 1.18. The standard InChI is InChI=1S/C6H3F2I2NO/c7-6(8)5-4(10)2(9)1-3(12)11-5/h1,6H,(H,11,12). The van der Waals surface area contributed by atoms with Crippen molar-refractivity contribution in [1.29, 1.82) is 0 Å². The molecule has 0 spiro atoms. The topological polar surface area (TPSA) is 32.9 Å². The van der Waals surface area contributed by atoms with Gasteiger partial charge in [-0.05, 0) is 45.2 Å². The Morgan fingerprint density at radius 2 is 2.00 bits per heavy atom. The van der Waals surface area contributed by atoms with Crippen molar-refractivity contribution >= 4 is 45.2 Å². The van der Waals surface area contributed by atoms with Gasteiger partial charge in [-0.3, -0.25) is 4.79 Å². The average molecular weight is 397 g/mol. The second-order valence-electron chi connectivity index (χ2n) is 2.01. The Labute approximate surface area is 94.0 Å². The summed E-state index contributed by atoms with van der Waals surface area (Å²) in [5.74, 6) is 0. The normalized spacial score (nSPS) is 10.8. The summed E-state index contributed by atoms with van der Waals surface area (Å²) in [6, 6.07) is 1.29. The van der Waals surface area contributed by atoms with Crippen molar-refractivity contribution in [1.82, 2.24) is 4.98 Å². The maximum absolute atomic E-state index is 12.2. The summed E-state index contributed by atoms with van der Waals surface area (Å²) >= 11 is 3.63. The van der Waals surface area contributed by atoms with Crippen molar-refractivity contribution in [3.63, 3.8) is 0 Å². The van der Waals surface area contributed by atoms with Crippen LogP contribution in [0.5, 0.6) is 0 Å². The molecule has 0 saturated heterocycles. The lowest BCUT2D eigenvalue weighted by Crippen LogP contribution is -2.11. The molecular formula is C6H3F2I2NO. The van der Waals surface area contributed by atoms with Crippen molar-refractivity contribution in [2.75, 3.05) is 0 Å². The number of H-pyrrole nitrogens is 1.